The molecular weight excluding hydrogens is 583 g/mol. The predicted molar refractivity (Wildman–Crippen MR) is 127 cm³/mol. The summed E-state index contributed by atoms with van der Waals surface area (Å²) >= 11 is 6.09. The lowest BCUT2D eigenvalue weighted by atomic mass is 9.90. The molecular formula is C23H23ClF7N3O4S. The number of aromatic nitrogens is 1. The second kappa shape index (κ2) is 10.5. The van der Waals surface area contributed by atoms with Crippen LogP contribution >= 0.6 is 22.9 Å². The maximum atomic E-state index is 15.4. The Bertz CT molecular complexity index is 1260. The Balaban J connectivity index is 2.19. The molecule has 1 aliphatic heterocycles. The molecule has 216 valence electrons. The molecule has 0 aliphatic carbocycles. The van der Waals surface area contributed by atoms with Gasteiger partial charge in [-0.2, -0.15) is 26.3 Å². The van der Waals surface area contributed by atoms with Crippen molar-refractivity contribution in [1.29, 1.82) is 0 Å². The lowest BCUT2D eigenvalue weighted by Crippen LogP contribution is -2.54. The maximum absolute atomic E-state index is 15.4. The Morgan fingerprint density at radius 1 is 1.15 bits per heavy atom. The number of likely N-dealkylation sites (tertiary alicyclic amines) is 1. The molecule has 7 nitrogen and oxygen atoms in total. The molecule has 1 aromatic heterocycles. The summed E-state index contributed by atoms with van der Waals surface area (Å²) in [7, 11) is 0. The molecule has 2 aromatic rings. The van der Waals surface area contributed by atoms with Crippen molar-refractivity contribution in [3.63, 3.8) is 0 Å². The van der Waals surface area contributed by atoms with Crippen LogP contribution in [0.1, 0.15) is 59.5 Å². The number of alkyl halides is 6. The third kappa shape index (κ3) is 5.86. The lowest BCUT2D eigenvalue weighted by molar-refractivity contribution is -0.376. The van der Waals surface area contributed by atoms with Gasteiger partial charge in [-0.3, -0.25) is 9.59 Å². The first-order valence-corrected chi connectivity index (χ1v) is 12.6. The molecule has 2 amide bonds. The average Bonchev–Trinajstić information content (AvgIpc) is 3.43. The van der Waals surface area contributed by atoms with Gasteiger partial charge in [0.25, 0.3) is 17.4 Å². The quantitative estimate of drug-likeness (QED) is 0.401. The molecule has 0 radical (unpaired) electrons. The van der Waals surface area contributed by atoms with Crippen LogP contribution in [0.15, 0.2) is 12.1 Å². The van der Waals surface area contributed by atoms with E-state index in [1.807, 2.05) is 0 Å². The number of amides is 2. The number of rotatable bonds is 6. The third-order valence-electron chi connectivity index (χ3n) is 6.06. The molecule has 3 N–H and O–H groups in total. The van der Waals surface area contributed by atoms with Crippen molar-refractivity contribution >= 4 is 34.8 Å². The number of nitrogens with one attached hydrogen (secondary N) is 1. The average molecular weight is 606 g/mol. The van der Waals surface area contributed by atoms with Crippen LogP contribution in [0.25, 0.3) is 10.4 Å². The van der Waals surface area contributed by atoms with Gasteiger partial charge in [-0.25, -0.2) is 9.37 Å². The fourth-order valence-corrected chi connectivity index (χ4v) is 5.25. The van der Waals surface area contributed by atoms with Crippen LogP contribution < -0.4 is 5.32 Å². The predicted octanol–water partition coefficient (Wildman–Crippen LogP) is 5.04. The van der Waals surface area contributed by atoms with Crippen LogP contribution in [0, 0.1) is 5.82 Å². The molecule has 0 bridgehead atoms. The number of carbonyl (C=O) groups is 2. The smallest absolute Gasteiger partial charge is 0.389 e. The monoisotopic (exact) mass is 605 g/mol. The summed E-state index contributed by atoms with van der Waals surface area (Å²) in [6.07, 6.45) is -11.4. The molecule has 0 saturated carbocycles. The number of aliphatic hydroxyl groups is 2. The molecule has 1 unspecified atom stereocenters. The minimum absolute atomic E-state index is 0.155. The lowest BCUT2D eigenvalue weighted by Gasteiger charge is -2.33. The molecule has 3 rings (SSSR count). The number of halogens is 8. The van der Waals surface area contributed by atoms with Crippen molar-refractivity contribution in [3.05, 3.63) is 39.2 Å². The first kappa shape index (κ1) is 31.0. The number of hydrogen-bond donors (Lipinski definition) is 3. The minimum atomic E-state index is -6.31. The van der Waals surface area contributed by atoms with Gasteiger partial charge in [0.05, 0.1) is 15.5 Å². The van der Waals surface area contributed by atoms with E-state index < -0.39 is 63.0 Å². The topological polar surface area (TPSA) is 103 Å². The van der Waals surface area contributed by atoms with Crippen molar-refractivity contribution in [2.24, 2.45) is 0 Å². The molecule has 2 heterocycles. The Labute approximate surface area is 226 Å². The summed E-state index contributed by atoms with van der Waals surface area (Å²) in [5, 5.41) is 19.8. The van der Waals surface area contributed by atoms with Gasteiger partial charge in [0.1, 0.15) is 5.69 Å². The highest BCUT2D eigenvalue weighted by molar-refractivity contribution is 7.17. The van der Waals surface area contributed by atoms with Crippen LogP contribution in [-0.4, -0.2) is 69.0 Å². The van der Waals surface area contributed by atoms with E-state index in [1.54, 1.807) is 6.92 Å². The SMILES string of the molecule is CC1CCCN1C(=O)c1nc(C(=O)NCC(C)(C)O)sc1-c1ccc(C(O)(C(F)(F)F)C(F)(F)F)c(Cl)c1F. The first-order chi connectivity index (χ1) is 17.7. The van der Waals surface area contributed by atoms with Gasteiger partial charge >= 0.3 is 12.4 Å². The standard InChI is InChI=1S/C23H23ClF7N3O4S/c1-10-5-4-8-34(10)19(36)15-16(39-18(33-15)17(35)32-9-20(2,3)37)11-6-7-12(13(24)14(11)25)21(38,22(26,27)28)23(29,30)31/h6-7,10,37-38H,4-5,8-9H2,1-3H3,(H,32,35). The van der Waals surface area contributed by atoms with E-state index >= 15 is 4.39 Å². The number of carbonyl (C=O) groups excluding carboxylic acids is 2. The van der Waals surface area contributed by atoms with E-state index in [1.165, 1.54) is 18.7 Å². The highest BCUT2D eigenvalue weighted by Gasteiger charge is 2.72. The van der Waals surface area contributed by atoms with Crippen LogP contribution in [0.3, 0.4) is 0 Å². The number of hydrogen-bond acceptors (Lipinski definition) is 6. The van der Waals surface area contributed by atoms with Crippen LogP contribution in [0.2, 0.25) is 5.02 Å². The molecule has 1 fully saturated rings. The van der Waals surface area contributed by atoms with Gasteiger partial charge in [-0.1, -0.05) is 23.7 Å². The summed E-state index contributed by atoms with van der Waals surface area (Å²) in [6.45, 7) is 4.58. The fourth-order valence-electron chi connectivity index (χ4n) is 3.96. The Morgan fingerprint density at radius 2 is 1.74 bits per heavy atom. The fraction of sp³-hybridized carbons (Fsp3) is 0.522. The van der Waals surface area contributed by atoms with Crippen molar-refractivity contribution in [2.75, 3.05) is 13.1 Å². The normalized spacial score (nSPS) is 17.1. The summed E-state index contributed by atoms with van der Waals surface area (Å²) in [4.78, 5) is 31.0. The van der Waals surface area contributed by atoms with Gasteiger partial charge in [-0.15, -0.1) is 11.3 Å². The zero-order chi connectivity index (χ0) is 29.7. The zero-order valence-corrected chi connectivity index (χ0v) is 22.2. The van der Waals surface area contributed by atoms with E-state index in [9.17, 15) is 46.1 Å². The highest BCUT2D eigenvalue weighted by Crippen LogP contribution is 2.53. The van der Waals surface area contributed by atoms with Gasteiger partial charge in [-0.05, 0) is 33.6 Å². The molecule has 1 saturated heterocycles. The number of nitrogens with zero attached hydrogens (tertiary/aromatic N) is 2. The first-order valence-electron chi connectivity index (χ1n) is 11.4. The van der Waals surface area contributed by atoms with E-state index in [2.05, 4.69) is 10.3 Å². The number of benzene rings is 1. The van der Waals surface area contributed by atoms with Crippen LogP contribution in [0.4, 0.5) is 30.7 Å². The molecule has 16 heteroatoms. The maximum Gasteiger partial charge on any atom is 0.430 e. The van der Waals surface area contributed by atoms with E-state index in [4.69, 9.17) is 11.6 Å². The van der Waals surface area contributed by atoms with E-state index in [0.717, 1.165) is 0 Å². The van der Waals surface area contributed by atoms with Gasteiger partial charge in [0.15, 0.2) is 10.8 Å². The molecule has 39 heavy (non-hydrogen) atoms. The van der Waals surface area contributed by atoms with Crippen molar-refractivity contribution in [3.8, 4) is 10.4 Å². The third-order valence-corrected chi connectivity index (χ3v) is 7.51. The Kier molecular flexibility index (Phi) is 8.35. The zero-order valence-electron chi connectivity index (χ0n) is 20.6. The summed E-state index contributed by atoms with van der Waals surface area (Å²) < 4.78 is 95.7. The van der Waals surface area contributed by atoms with E-state index in [0.29, 0.717) is 36.8 Å². The second-order valence-corrected chi connectivity index (χ2v) is 11.1. The summed E-state index contributed by atoms with van der Waals surface area (Å²) in [5.74, 6) is -3.41. The van der Waals surface area contributed by atoms with Gasteiger partial charge < -0.3 is 20.4 Å². The van der Waals surface area contributed by atoms with E-state index in [-0.39, 0.29) is 28.5 Å². The van der Waals surface area contributed by atoms with Gasteiger partial charge in [0.2, 0.25) is 0 Å². The Morgan fingerprint density at radius 3 is 2.23 bits per heavy atom. The van der Waals surface area contributed by atoms with Crippen LogP contribution in [-0.2, 0) is 5.60 Å². The highest BCUT2D eigenvalue weighted by atomic mass is 35.5. The summed E-state index contributed by atoms with van der Waals surface area (Å²) in [6, 6.07) is 0.390. The van der Waals surface area contributed by atoms with Crippen molar-refractivity contribution in [1.82, 2.24) is 15.2 Å². The summed E-state index contributed by atoms with van der Waals surface area (Å²) in [5.41, 5.74) is -9.99. The second-order valence-electron chi connectivity index (χ2n) is 9.68. The molecule has 1 aromatic carbocycles. The molecule has 1 aliphatic rings. The van der Waals surface area contributed by atoms with Crippen molar-refractivity contribution in [2.45, 2.75) is 63.2 Å². The minimum Gasteiger partial charge on any atom is -0.389 e. The molecule has 1 atom stereocenters. The molecule has 0 spiro atoms. The van der Waals surface area contributed by atoms with Crippen molar-refractivity contribution < 1.29 is 50.5 Å². The van der Waals surface area contributed by atoms with Gasteiger partial charge in [0, 0.05) is 30.3 Å². The largest absolute Gasteiger partial charge is 0.430 e. The number of thiazole rings is 1. The Hall–Kier alpha value is -2.49. The van der Waals surface area contributed by atoms with Crippen LogP contribution in [0.5, 0.6) is 0 Å².